The van der Waals surface area contributed by atoms with Crippen molar-refractivity contribution in [2.75, 3.05) is 17.7 Å². The lowest BCUT2D eigenvalue weighted by Crippen LogP contribution is -2.15. The minimum atomic E-state index is -0.275. The van der Waals surface area contributed by atoms with E-state index in [9.17, 15) is 4.79 Å². The predicted molar refractivity (Wildman–Crippen MR) is 102 cm³/mol. The number of benzene rings is 2. The van der Waals surface area contributed by atoms with Crippen LogP contribution in [0.5, 0.6) is 5.75 Å². The van der Waals surface area contributed by atoms with E-state index in [1.54, 1.807) is 13.2 Å². The number of methoxy groups -OCH3 is 1. The summed E-state index contributed by atoms with van der Waals surface area (Å²) in [4.78, 5) is 20.8. The van der Waals surface area contributed by atoms with Crippen LogP contribution in [0.2, 0.25) is 0 Å². The number of carbonyl (C=O) groups excluding carboxylic acids is 1. The van der Waals surface area contributed by atoms with Crippen molar-refractivity contribution >= 4 is 23.1 Å². The van der Waals surface area contributed by atoms with Crippen LogP contribution in [0.1, 0.15) is 21.6 Å². The molecular weight excluding hydrogens is 328 g/mol. The third-order valence-electron chi connectivity index (χ3n) is 3.98. The summed E-state index contributed by atoms with van der Waals surface area (Å²) in [6.45, 7) is 3.92. The maximum absolute atomic E-state index is 12.6. The molecule has 0 saturated heterocycles. The van der Waals surface area contributed by atoms with Gasteiger partial charge in [0.15, 0.2) is 0 Å². The molecule has 1 amide bonds. The molecule has 6 heteroatoms. The summed E-state index contributed by atoms with van der Waals surface area (Å²) in [7, 11) is 1.62. The largest absolute Gasteiger partial charge is 0.497 e. The number of aryl methyl sites for hydroxylation is 2. The fourth-order valence-corrected chi connectivity index (χ4v) is 2.56. The number of ether oxygens (including phenoxy) is 1. The van der Waals surface area contributed by atoms with Gasteiger partial charge in [-0.1, -0.05) is 18.2 Å². The number of hydrogen-bond donors (Lipinski definition) is 2. The molecular formula is C20H20N4O2. The molecule has 0 radical (unpaired) electrons. The fraction of sp³-hybridized carbons (Fsp3) is 0.150. The first-order valence-electron chi connectivity index (χ1n) is 8.17. The van der Waals surface area contributed by atoms with Gasteiger partial charge >= 0.3 is 0 Å². The Kier molecular flexibility index (Phi) is 5.12. The quantitative estimate of drug-likeness (QED) is 0.726. The van der Waals surface area contributed by atoms with E-state index in [2.05, 4.69) is 20.6 Å². The number of para-hydroxylation sites is 1. The van der Waals surface area contributed by atoms with Gasteiger partial charge in [0.25, 0.3) is 5.91 Å². The maximum Gasteiger partial charge on any atom is 0.274 e. The van der Waals surface area contributed by atoms with Crippen LogP contribution in [0.4, 0.5) is 17.2 Å². The summed E-state index contributed by atoms with van der Waals surface area (Å²) in [5, 5.41) is 6.08. The Morgan fingerprint density at radius 2 is 1.69 bits per heavy atom. The smallest absolute Gasteiger partial charge is 0.274 e. The Balaban J connectivity index is 1.76. The van der Waals surface area contributed by atoms with Crippen LogP contribution in [0, 0.1) is 13.8 Å². The number of anilines is 3. The lowest BCUT2D eigenvalue weighted by Gasteiger charge is -2.11. The number of aromatic nitrogens is 2. The predicted octanol–water partition coefficient (Wildman–Crippen LogP) is 4.10. The van der Waals surface area contributed by atoms with Gasteiger partial charge in [-0.3, -0.25) is 4.79 Å². The topological polar surface area (TPSA) is 76.1 Å². The zero-order chi connectivity index (χ0) is 18.5. The normalized spacial score (nSPS) is 10.3. The molecule has 2 N–H and O–H groups in total. The molecule has 1 aromatic heterocycles. The van der Waals surface area contributed by atoms with Crippen LogP contribution in [-0.2, 0) is 0 Å². The number of carbonyl (C=O) groups is 1. The lowest BCUT2D eigenvalue weighted by molar-refractivity contribution is 0.102. The monoisotopic (exact) mass is 348 g/mol. The molecule has 0 aliphatic rings. The van der Waals surface area contributed by atoms with Crippen LogP contribution in [0.15, 0.2) is 54.9 Å². The Morgan fingerprint density at radius 3 is 2.35 bits per heavy atom. The highest BCUT2D eigenvalue weighted by Crippen LogP contribution is 2.21. The van der Waals surface area contributed by atoms with E-state index in [0.29, 0.717) is 11.5 Å². The lowest BCUT2D eigenvalue weighted by atomic mass is 10.1. The summed E-state index contributed by atoms with van der Waals surface area (Å²) in [6, 6.07) is 14.9. The first kappa shape index (κ1) is 17.4. The zero-order valence-electron chi connectivity index (χ0n) is 14.9. The molecule has 0 atom stereocenters. The van der Waals surface area contributed by atoms with Gasteiger partial charge in [-0.05, 0) is 49.2 Å². The molecule has 6 nitrogen and oxygen atoms in total. The third-order valence-corrected chi connectivity index (χ3v) is 3.98. The van der Waals surface area contributed by atoms with E-state index in [1.807, 2.05) is 56.3 Å². The first-order valence-corrected chi connectivity index (χ1v) is 8.17. The Morgan fingerprint density at radius 1 is 1.00 bits per heavy atom. The van der Waals surface area contributed by atoms with Gasteiger partial charge in [0.1, 0.15) is 23.6 Å². The average Bonchev–Trinajstić information content (AvgIpc) is 2.65. The van der Waals surface area contributed by atoms with Crippen molar-refractivity contribution in [3.05, 3.63) is 71.7 Å². The maximum atomic E-state index is 12.6. The molecule has 3 rings (SSSR count). The van der Waals surface area contributed by atoms with E-state index >= 15 is 0 Å². The minimum absolute atomic E-state index is 0.275. The second kappa shape index (κ2) is 7.65. The standard InChI is InChI=1S/C20H20N4O2/c1-13-5-4-6-14(2)19(13)24-20(25)17-11-18(22-12-21-17)23-15-7-9-16(26-3)10-8-15/h4-12H,1-3H3,(H,24,25)(H,21,22,23). The van der Waals surface area contributed by atoms with Crippen molar-refractivity contribution in [3.8, 4) is 5.75 Å². The summed E-state index contributed by atoms with van der Waals surface area (Å²) in [5.74, 6) is 1.03. The third kappa shape index (κ3) is 3.97. The van der Waals surface area contributed by atoms with E-state index < -0.39 is 0 Å². The number of nitrogens with one attached hydrogen (secondary N) is 2. The van der Waals surface area contributed by atoms with Crippen LogP contribution in [-0.4, -0.2) is 23.0 Å². The minimum Gasteiger partial charge on any atom is -0.497 e. The van der Waals surface area contributed by atoms with Crippen molar-refractivity contribution in [1.29, 1.82) is 0 Å². The van der Waals surface area contributed by atoms with Gasteiger partial charge in [-0.15, -0.1) is 0 Å². The van der Waals surface area contributed by atoms with Crippen molar-refractivity contribution in [2.24, 2.45) is 0 Å². The molecule has 132 valence electrons. The molecule has 26 heavy (non-hydrogen) atoms. The molecule has 0 fully saturated rings. The molecule has 0 spiro atoms. The molecule has 1 heterocycles. The van der Waals surface area contributed by atoms with Gasteiger partial charge in [0.05, 0.1) is 7.11 Å². The molecule has 0 aliphatic heterocycles. The molecule has 0 saturated carbocycles. The van der Waals surface area contributed by atoms with Crippen molar-refractivity contribution < 1.29 is 9.53 Å². The van der Waals surface area contributed by atoms with Gasteiger partial charge < -0.3 is 15.4 Å². The second-order valence-corrected chi connectivity index (χ2v) is 5.86. The average molecular weight is 348 g/mol. The van der Waals surface area contributed by atoms with E-state index in [4.69, 9.17) is 4.74 Å². The number of rotatable bonds is 5. The number of nitrogens with zero attached hydrogens (tertiary/aromatic N) is 2. The van der Waals surface area contributed by atoms with Gasteiger partial charge in [0, 0.05) is 17.4 Å². The van der Waals surface area contributed by atoms with Crippen molar-refractivity contribution in [3.63, 3.8) is 0 Å². The summed E-state index contributed by atoms with van der Waals surface area (Å²) in [6.07, 6.45) is 1.37. The fourth-order valence-electron chi connectivity index (χ4n) is 2.56. The Bertz CT molecular complexity index is 903. The number of hydrogen-bond acceptors (Lipinski definition) is 5. The van der Waals surface area contributed by atoms with Gasteiger partial charge in [-0.25, -0.2) is 9.97 Å². The number of amides is 1. The molecule has 0 bridgehead atoms. The van der Waals surface area contributed by atoms with Gasteiger partial charge in [-0.2, -0.15) is 0 Å². The highest BCUT2D eigenvalue weighted by atomic mass is 16.5. The SMILES string of the molecule is COc1ccc(Nc2cc(C(=O)Nc3c(C)cccc3C)ncn2)cc1. The highest BCUT2D eigenvalue weighted by molar-refractivity contribution is 6.04. The zero-order valence-corrected chi connectivity index (χ0v) is 14.9. The molecule has 0 aliphatic carbocycles. The van der Waals surface area contributed by atoms with E-state index in [1.165, 1.54) is 6.33 Å². The Hall–Kier alpha value is -3.41. The molecule has 3 aromatic rings. The van der Waals surface area contributed by atoms with Crippen LogP contribution in [0.3, 0.4) is 0 Å². The van der Waals surface area contributed by atoms with E-state index in [0.717, 1.165) is 28.3 Å². The first-order chi connectivity index (χ1) is 12.6. The van der Waals surface area contributed by atoms with Gasteiger partial charge in [0.2, 0.25) is 0 Å². The van der Waals surface area contributed by atoms with E-state index in [-0.39, 0.29) is 5.91 Å². The highest BCUT2D eigenvalue weighted by Gasteiger charge is 2.12. The van der Waals surface area contributed by atoms with Crippen LogP contribution >= 0.6 is 0 Å². The van der Waals surface area contributed by atoms with Crippen LogP contribution < -0.4 is 15.4 Å². The second-order valence-electron chi connectivity index (χ2n) is 5.86. The van der Waals surface area contributed by atoms with Crippen molar-refractivity contribution in [2.45, 2.75) is 13.8 Å². The van der Waals surface area contributed by atoms with Crippen LogP contribution in [0.25, 0.3) is 0 Å². The molecule has 0 unspecified atom stereocenters. The molecule has 2 aromatic carbocycles. The summed E-state index contributed by atoms with van der Waals surface area (Å²) < 4.78 is 5.14. The summed E-state index contributed by atoms with van der Waals surface area (Å²) >= 11 is 0. The summed E-state index contributed by atoms with van der Waals surface area (Å²) in [5.41, 5.74) is 3.94. The Labute approximate surface area is 152 Å². The van der Waals surface area contributed by atoms with Crippen molar-refractivity contribution in [1.82, 2.24) is 9.97 Å².